The molecule has 1 aromatic carbocycles. The summed E-state index contributed by atoms with van der Waals surface area (Å²) in [5, 5.41) is 25.1. The minimum atomic E-state index is -1.64. The van der Waals surface area contributed by atoms with E-state index >= 15 is 0 Å². The summed E-state index contributed by atoms with van der Waals surface area (Å²) >= 11 is 3.98. The van der Waals surface area contributed by atoms with Gasteiger partial charge in [-0.05, 0) is 5.56 Å². The second-order valence-electron chi connectivity index (χ2n) is 7.27. The Hall–Kier alpha value is -3.65. The van der Waals surface area contributed by atoms with Crippen molar-refractivity contribution in [2.24, 2.45) is 11.5 Å². The van der Waals surface area contributed by atoms with Gasteiger partial charge in [0.15, 0.2) is 0 Å². The topological polar surface area (TPSA) is 231 Å². The Morgan fingerprint density at radius 1 is 0.824 bits per heavy atom. The van der Waals surface area contributed by atoms with Crippen molar-refractivity contribution < 1.29 is 39.0 Å². The van der Waals surface area contributed by atoms with Crippen LogP contribution < -0.4 is 27.4 Å². The highest BCUT2D eigenvalue weighted by Crippen LogP contribution is 2.05. The molecule has 4 unspecified atom stereocenters. The Morgan fingerprint density at radius 2 is 1.35 bits per heavy atom. The number of thiol groups is 1. The van der Waals surface area contributed by atoms with Crippen molar-refractivity contribution in [2.75, 3.05) is 5.75 Å². The van der Waals surface area contributed by atoms with E-state index in [4.69, 9.17) is 16.6 Å². The number of carboxylic acid groups (broad SMARTS) is 2. The van der Waals surface area contributed by atoms with Crippen molar-refractivity contribution in [1.29, 1.82) is 0 Å². The zero-order valence-corrected chi connectivity index (χ0v) is 18.9. The fourth-order valence-electron chi connectivity index (χ4n) is 2.76. The van der Waals surface area contributed by atoms with Crippen molar-refractivity contribution in [2.45, 2.75) is 43.4 Å². The molecule has 9 N–H and O–H groups in total. The van der Waals surface area contributed by atoms with Crippen LogP contribution >= 0.6 is 12.6 Å². The zero-order chi connectivity index (χ0) is 25.8. The molecule has 0 aliphatic rings. The third-order valence-corrected chi connectivity index (χ3v) is 4.85. The molecule has 0 aliphatic heterocycles. The van der Waals surface area contributed by atoms with Crippen molar-refractivity contribution in [3.05, 3.63) is 35.9 Å². The molecule has 13 nitrogen and oxygen atoms in total. The van der Waals surface area contributed by atoms with E-state index < -0.39 is 72.6 Å². The number of primary amides is 1. The number of benzene rings is 1. The lowest BCUT2D eigenvalue weighted by atomic mass is 10.1. The number of aliphatic carboxylic acids is 2. The highest BCUT2D eigenvalue weighted by Gasteiger charge is 2.31. The molecule has 0 aromatic heterocycles. The summed E-state index contributed by atoms with van der Waals surface area (Å²) in [6.07, 6.45) is -1.41. The maximum Gasteiger partial charge on any atom is 0.326 e. The Morgan fingerprint density at radius 3 is 1.85 bits per heavy atom. The lowest BCUT2D eigenvalue weighted by molar-refractivity contribution is -0.143. The standard InChI is InChI=1S/C20H27N5O8S/c21-11(7-15(22)26)17(29)23-12(8-16(27)28)18(30)25-14(9-34)19(31)24-13(20(32)33)6-10-4-2-1-3-5-10/h1-5,11-14,34H,6-9,21H2,(H2,22,26)(H,23,29)(H,24,31)(H,25,30)(H,27,28)(H,32,33). The van der Waals surface area contributed by atoms with Gasteiger partial charge < -0.3 is 37.6 Å². The Kier molecular flexibility index (Phi) is 11.5. The predicted octanol–water partition coefficient (Wildman–Crippen LogP) is -2.62. The highest BCUT2D eigenvalue weighted by molar-refractivity contribution is 7.80. The number of carboxylic acids is 2. The van der Waals surface area contributed by atoms with Gasteiger partial charge in [0.1, 0.15) is 18.1 Å². The summed E-state index contributed by atoms with van der Waals surface area (Å²) in [6, 6.07) is 2.81. The molecule has 0 radical (unpaired) electrons. The van der Waals surface area contributed by atoms with Crippen LogP contribution in [0.25, 0.3) is 0 Å². The van der Waals surface area contributed by atoms with Gasteiger partial charge in [0, 0.05) is 12.2 Å². The van der Waals surface area contributed by atoms with Crippen molar-refractivity contribution in [3.8, 4) is 0 Å². The first-order valence-corrected chi connectivity index (χ1v) is 10.6. The van der Waals surface area contributed by atoms with Gasteiger partial charge >= 0.3 is 11.9 Å². The van der Waals surface area contributed by atoms with Gasteiger partial charge in [-0.2, -0.15) is 12.6 Å². The van der Waals surface area contributed by atoms with E-state index in [0.717, 1.165) is 0 Å². The third kappa shape index (κ3) is 9.87. The maximum absolute atomic E-state index is 12.6. The number of hydrogen-bond acceptors (Lipinski definition) is 8. The molecule has 4 atom stereocenters. The molecule has 0 aliphatic carbocycles. The van der Waals surface area contributed by atoms with Crippen LogP contribution in [0.15, 0.2) is 30.3 Å². The summed E-state index contributed by atoms with van der Waals surface area (Å²) in [5.74, 6) is -6.81. The molecule has 0 spiro atoms. The van der Waals surface area contributed by atoms with Crippen molar-refractivity contribution >= 4 is 48.2 Å². The van der Waals surface area contributed by atoms with Crippen molar-refractivity contribution in [3.63, 3.8) is 0 Å². The normalized spacial score (nSPS) is 14.1. The molecule has 34 heavy (non-hydrogen) atoms. The molecule has 186 valence electrons. The van der Waals surface area contributed by atoms with E-state index in [1.165, 1.54) is 0 Å². The van der Waals surface area contributed by atoms with Crippen LogP contribution in [-0.4, -0.2) is 75.7 Å². The number of nitrogens with two attached hydrogens (primary N) is 2. The number of carbonyl (C=O) groups excluding carboxylic acids is 4. The van der Waals surface area contributed by atoms with Gasteiger partial charge in [-0.25, -0.2) is 4.79 Å². The van der Waals surface area contributed by atoms with E-state index in [0.29, 0.717) is 5.56 Å². The number of rotatable bonds is 14. The number of amides is 4. The first kappa shape index (κ1) is 28.4. The average Bonchev–Trinajstić information content (AvgIpc) is 2.75. The molecule has 0 heterocycles. The van der Waals surface area contributed by atoms with Crippen LogP contribution in [0.3, 0.4) is 0 Å². The lowest BCUT2D eigenvalue weighted by Gasteiger charge is -2.23. The summed E-state index contributed by atoms with van der Waals surface area (Å²) in [4.78, 5) is 70.9. The first-order valence-electron chi connectivity index (χ1n) is 9.99. The van der Waals surface area contributed by atoms with Crippen LogP contribution in [0.4, 0.5) is 0 Å². The quantitative estimate of drug-likeness (QED) is 0.125. The number of hydrogen-bond donors (Lipinski definition) is 8. The molecular weight excluding hydrogens is 470 g/mol. The molecule has 14 heteroatoms. The van der Waals surface area contributed by atoms with Crippen LogP contribution in [0, 0.1) is 0 Å². The van der Waals surface area contributed by atoms with Crippen LogP contribution in [0.5, 0.6) is 0 Å². The molecule has 0 saturated heterocycles. The Balaban J connectivity index is 2.88. The van der Waals surface area contributed by atoms with E-state index in [1.54, 1.807) is 30.3 Å². The SMILES string of the molecule is NC(=O)CC(N)C(=O)NC(CC(=O)O)C(=O)NC(CS)C(=O)NC(Cc1ccccc1)C(=O)O. The summed E-state index contributed by atoms with van der Waals surface area (Å²) in [6.45, 7) is 0. The van der Waals surface area contributed by atoms with E-state index in [1.807, 2.05) is 0 Å². The van der Waals surface area contributed by atoms with Gasteiger partial charge in [-0.3, -0.25) is 24.0 Å². The van der Waals surface area contributed by atoms with Gasteiger partial charge in [-0.1, -0.05) is 30.3 Å². The molecule has 1 rings (SSSR count). The summed E-state index contributed by atoms with van der Waals surface area (Å²) in [7, 11) is 0. The summed E-state index contributed by atoms with van der Waals surface area (Å²) in [5.41, 5.74) is 11.1. The lowest BCUT2D eigenvalue weighted by Crippen LogP contribution is -2.58. The fraction of sp³-hybridized carbons (Fsp3) is 0.400. The van der Waals surface area contributed by atoms with Crippen molar-refractivity contribution in [1.82, 2.24) is 16.0 Å². The molecule has 1 aromatic rings. The Bertz CT molecular complexity index is 913. The predicted molar refractivity (Wildman–Crippen MR) is 121 cm³/mol. The largest absolute Gasteiger partial charge is 0.481 e. The maximum atomic E-state index is 12.6. The molecule has 0 bridgehead atoms. The monoisotopic (exact) mass is 497 g/mol. The van der Waals surface area contributed by atoms with Gasteiger partial charge in [0.05, 0.1) is 18.9 Å². The highest BCUT2D eigenvalue weighted by atomic mass is 32.1. The second-order valence-corrected chi connectivity index (χ2v) is 7.63. The molecule has 0 fully saturated rings. The van der Waals surface area contributed by atoms with Crippen LogP contribution in [0.1, 0.15) is 18.4 Å². The van der Waals surface area contributed by atoms with Gasteiger partial charge in [0.25, 0.3) is 0 Å². The third-order valence-electron chi connectivity index (χ3n) is 4.48. The van der Waals surface area contributed by atoms with E-state index in [-0.39, 0.29) is 12.2 Å². The van der Waals surface area contributed by atoms with E-state index in [2.05, 4.69) is 28.6 Å². The van der Waals surface area contributed by atoms with Crippen LogP contribution in [-0.2, 0) is 35.2 Å². The number of carbonyl (C=O) groups is 6. The zero-order valence-electron chi connectivity index (χ0n) is 18.0. The summed E-state index contributed by atoms with van der Waals surface area (Å²) < 4.78 is 0. The smallest absolute Gasteiger partial charge is 0.326 e. The fourth-order valence-corrected chi connectivity index (χ4v) is 3.02. The van der Waals surface area contributed by atoms with Gasteiger partial charge in [-0.15, -0.1) is 0 Å². The van der Waals surface area contributed by atoms with Gasteiger partial charge in [0.2, 0.25) is 23.6 Å². The van der Waals surface area contributed by atoms with Crippen LogP contribution in [0.2, 0.25) is 0 Å². The molecular formula is C20H27N5O8S. The first-order chi connectivity index (χ1) is 15.9. The molecule has 0 saturated carbocycles. The minimum absolute atomic E-state index is 0.0232. The average molecular weight is 498 g/mol. The Labute approximate surface area is 200 Å². The second kappa shape index (κ2) is 13.8. The number of nitrogens with one attached hydrogen (secondary N) is 3. The molecule has 4 amide bonds. The van der Waals surface area contributed by atoms with E-state index in [9.17, 15) is 33.9 Å². The minimum Gasteiger partial charge on any atom is -0.481 e.